The molecule has 0 spiro atoms. The number of ketones is 1. The summed E-state index contributed by atoms with van der Waals surface area (Å²) in [5.74, 6) is -2.27. The number of rotatable bonds is 13. The molecule has 1 aromatic rings. The van der Waals surface area contributed by atoms with Crippen LogP contribution < -0.4 is 5.32 Å². The maximum absolute atomic E-state index is 13.4. The van der Waals surface area contributed by atoms with Crippen LogP contribution in [0.1, 0.15) is 58.4 Å². The predicted octanol–water partition coefficient (Wildman–Crippen LogP) is 2.93. The minimum Gasteiger partial charge on any atom is -0.445 e. The Bertz CT molecular complexity index is 833. The van der Waals surface area contributed by atoms with Crippen LogP contribution in [0.3, 0.4) is 0 Å². The molecular formula is C25H36N2O8. The van der Waals surface area contributed by atoms with Gasteiger partial charge in [-0.1, -0.05) is 36.8 Å². The normalized spacial score (nSPS) is 14.7. The Labute approximate surface area is 206 Å². The lowest BCUT2D eigenvalue weighted by atomic mass is 9.89. The number of benzene rings is 1. The highest BCUT2D eigenvalue weighted by molar-refractivity contribution is 6.32. The number of hydrogen-bond acceptors (Lipinski definition) is 8. The molecule has 0 unspecified atom stereocenters. The van der Waals surface area contributed by atoms with Gasteiger partial charge in [0.05, 0.1) is 6.54 Å². The van der Waals surface area contributed by atoms with Gasteiger partial charge in [0.25, 0.3) is 0 Å². The number of carbonyl (C=O) groups is 4. The van der Waals surface area contributed by atoms with Gasteiger partial charge in [-0.2, -0.15) is 0 Å². The number of esters is 1. The summed E-state index contributed by atoms with van der Waals surface area (Å²) in [4.78, 5) is 50.9. The molecule has 194 valence electrons. The smallest absolute Gasteiger partial charge is 0.407 e. The fourth-order valence-electron chi connectivity index (χ4n) is 3.96. The number of amides is 2. The van der Waals surface area contributed by atoms with Crippen LogP contribution in [-0.4, -0.2) is 67.0 Å². The second-order valence-electron chi connectivity index (χ2n) is 8.21. The third kappa shape index (κ3) is 8.95. The topological polar surface area (TPSA) is 120 Å². The van der Waals surface area contributed by atoms with Crippen molar-refractivity contribution in [2.45, 2.75) is 71.5 Å². The quantitative estimate of drug-likeness (QED) is 0.254. The van der Waals surface area contributed by atoms with Crippen LogP contribution in [0, 0.1) is 0 Å². The van der Waals surface area contributed by atoms with E-state index in [1.807, 2.05) is 30.3 Å². The van der Waals surface area contributed by atoms with Gasteiger partial charge in [-0.3, -0.25) is 14.5 Å². The highest BCUT2D eigenvalue weighted by atomic mass is 16.7. The summed E-state index contributed by atoms with van der Waals surface area (Å²) in [5, 5.41) is 2.46. The van der Waals surface area contributed by atoms with Crippen molar-refractivity contribution < 1.29 is 38.1 Å². The number of Topliss-reactive ketones (excluding diaryl/α,β-unsaturated/α-hetero) is 1. The Hall–Kier alpha value is -2.98. The Balaban J connectivity index is 2.17. The lowest BCUT2D eigenvalue weighted by molar-refractivity contribution is -0.216. The molecule has 0 saturated heterocycles. The second-order valence-corrected chi connectivity index (χ2v) is 8.21. The number of ether oxygens (including phenoxy) is 4. The SMILES string of the molecule is CCOC(CN(C(=O)CNC(=O)OCc1ccccc1)C1(OC(=O)C(C)=O)CCCCC1)OCC. The van der Waals surface area contributed by atoms with E-state index in [1.165, 1.54) is 4.90 Å². The Morgan fingerprint density at radius 3 is 2.20 bits per heavy atom. The van der Waals surface area contributed by atoms with Crippen molar-refractivity contribution >= 4 is 23.8 Å². The first-order chi connectivity index (χ1) is 16.8. The minimum atomic E-state index is -1.33. The summed E-state index contributed by atoms with van der Waals surface area (Å²) in [5.41, 5.74) is -0.524. The van der Waals surface area contributed by atoms with E-state index in [0.717, 1.165) is 18.9 Å². The molecule has 1 aliphatic rings. The van der Waals surface area contributed by atoms with Crippen molar-refractivity contribution in [3.63, 3.8) is 0 Å². The molecule has 35 heavy (non-hydrogen) atoms. The minimum absolute atomic E-state index is 0.0353. The highest BCUT2D eigenvalue weighted by Gasteiger charge is 2.45. The van der Waals surface area contributed by atoms with Crippen LogP contribution in [0.5, 0.6) is 0 Å². The van der Waals surface area contributed by atoms with Crippen molar-refractivity contribution in [2.24, 2.45) is 0 Å². The van der Waals surface area contributed by atoms with E-state index in [0.29, 0.717) is 38.9 Å². The molecule has 10 nitrogen and oxygen atoms in total. The van der Waals surface area contributed by atoms with Gasteiger partial charge in [0.15, 0.2) is 12.0 Å². The maximum atomic E-state index is 13.4. The standard InChI is InChI=1S/C25H36N2O8/c1-4-32-22(33-5-2)17-27(25(14-10-7-11-15-25)35-23(30)19(3)28)21(29)16-26-24(31)34-18-20-12-8-6-9-13-20/h6,8-9,12-13,22H,4-5,7,10-11,14-18H2,1-3H3,(H,26,31). The van der Waals surface area contributed by atoms with Gasteiger partial charge in [-0.15, -0.1) is 0 Å². The summed E-state index contributed by atoms with van der Waals surface area (Å²) in [6.45, 7) is 5.04. The molecule has 0 bridgehead atoms. The molecule has 0 aliphatic heterocycles. The first kappa shape index (κ1) is 28.3. The fourth-order valence-corrected chi connectivity index (χ4v) is 3.96. The Morgan fingerprint density at radius 2 is 1.63 bits per heavy atom. The molecule has 1 aliphatic carbocycles. The average molecular weight is 493 g/mol. The van der Waals surface area contributed by atoms with Crippen LogP contribution in [-0.2, 0) is 39.9 Å². The van der Waals surface area contributed by atoms with E-state index < -0.39 is 42.3 Å². The number of nitrogens with one attached hydrogen (secondary N) is 1. The second kappa shape index (κ2) is 14.4. The molecule has 0 heterocycles. The Morgan fingerprint density at radius 1 is 1.00 bits per heavy atom. The van der Waals surface area contributed by atoms with Gasteiger partial charge in [-0.05, 0) is 32.3 Å². The zero-order chi connectivity index (χ0) is 25.7. The van der Waals surface area contributed by atoms with Crippen molar-refractivity contribution in [3.05, 3.63) is 35.9 Å². The predicted molar refractivity (Wildman–Crippen MR) is 126 cm³/mol. The summed E-state index contributed by atoms with van der Waals surface area (Å²) >= 11 is 0. The van der Waals surface area contributed by atoms with Crippen molar-refractivity contribution in [1.29, 1.82) is 0 Å². The number of carbonyl (C=O) groups excluding carboxylic acids is 4. The van der Waals surface area contributed by atoms with E-state index in [4.69, 9.17) is 18.9 Å². The van der Waals surface area contributed by atoms with Crippen molar-refractivity contribution in [3.8, 4) is 0 Å². The molecule has 0 radical (unpaired) electrons. The van der Waals surface area contributed by atoms with E-state index in [9.17, 15) is 19.2 Å². The maximum Gasteiger partial charge on any atom is 0.407 e. The molecular weight excluding hydrogens is 456 g/mol. The fraction of sp³-hybridized carbons (Fsp3) is 0.600. The van der Waals surface area contributed by atoms with Crippen molar-refractivity contribution in [2.75, 3.05) is 26.3 Å². The molecule has 1 N–H and O–H groups in total. The van der Waals surface area contributed by atoms with Crippen molar-refractivity contribution in [1.82, 2.24) is 10.2 Å². The summed E-state index contributed by atoms with van der Waals surface area (Å²) < 4.78 is 22.1. The van der Waals surface area contributed by atoms with Crippen LogP contribution in [0.2, 0.25) is 0 Å². The van der Waals surface area contributed by atoms with E-state index in [1.54, 1.807) is 13.8 Å². The third-order valence-corrected chi connectivity index (χ3v) is 5.63. The lowest BCUT2D eigenvalue weighted by Gasteiger charge is -2.46. The van der Waals surface area contributed by atoms with Crippen LogP contribution in [0.4, 0.5) is 4.79 Å². The number of nitrogens with zero attached hydrogens (tertiary/aromatic N) is 1. The molecule has 2 rings (SSSR count). The summed E-state index contributed by atoms with van der Waals surface area (Å²) in [7, 11) is 0. The lowest BCUT2D eigenvalue weighted by Crippen LogP contribution is -2.60. The average Bonchev–Trinajstić information content (AvgIpc) is 2.85. The van der Waals surface area contributed by atoms with Gasteiger partial charge in [0.1, 0.15) is 13.2 Å². The monoisotopic (exact) mass is 492 g/mol. The van der Waals surface area contributed by atoms with Gasteiger partial charge in [0.2, 0.25) is 11.7 Å². The number of alkyl carbamates (subject to hydrolysis) is 1. The molecule has 1 aromatic carbocycles. The summed E-state index contributed by atoms with van der Waals surface area (Å²) in [6.07, 6.45) is 1.51. The molecule has 0 atom stereocenters. The molecule has 1 fully saturated rings. The zero-order valence-electron chi connectivity index (χ0n) is 20.7. The molecule has 1 saturated carbocycles. The van der Waals surface area contributed by atoms with E-state index in [-0.39, 0.29) is 13.2 Å². The Kier molecular flexibility index (Phi) is 11.6. The molecule has 0 aromatic heterocycles. The molecule has 10 heteroatoms. The van der Waals surface area contributed by atoms with Gasteiger partial charge in [-0.25, -0.2) is 9.59 Å². The van der Waals surface area contributed by atoms with Crippen LogP contribution in [0.15, 0.2) is 30.3 Å². The van der Waals surface area contributed by atoms with Gasteiger partial charge < -0.3 is 24.3 Å². The van der Waals surface area contributed by atoms with E-state index >= 15 is 0 Å². The first-order valence-corrected chi connectivity index (χ1v) is 12.0. The summed E-state index contributed by atoms with van der Waals surface area (Å²) in [6, 6.07) is 9.15. The van der Waals surface area contributed by atoms with Gasteiger partial charge in [0, 0.05) is 33.0 Å². The highest BCUT2D eigenvalue weighted by Crippen LogP contribution is 2.36. The molecule has 2 amide bonds. The van der Waals surface area contributed by atoms with Gasteiger partial charge >= 0.3 is 12.1 Å². The first-order valence-electron chi connectivity index (χ1n) is 12.0. The van der Waals surface area contributed by atoms with Crippen LogP contribution in [0.25, 0.3) is 0 Å². The largest absolute Gasteiger partial charge is 0.445 e. The van der Waals surface area contributed by atoms with Crippen LogP contribution >= 0.6 is 0 Å². The number of hydrogen-bond donors (Lipinski definition) is 1. The third-order valence-electron chi connectivity index (χ3n) is 5.63. The zero-order valence-corrected chi connectivity index (χ0v) is 20.7. The van der Waals surface area contributed by atoms with E-state index in [2.05, 4.69) is 5.32 Å².